The molecule has 2 fully saturated rings. The van der Waals surface area contributed by atoms with Crippen molar-refractivity contribution in [3.8, 4) is 0 Å². The van der Waals surface area contributed by atoms with Crippen LogP contribution in [0.1, 0.15) is 12.8 Å². The first-order valence-electron chi connectivity index (χ1n) is 4.75. The van der Waals surface area contributed by atoms with Crippen molar-refractivity contribution in [3.63, 3.8) is 0 Å². The lowest BCUT2D eigenvalue weighted by Crippen LogP contribution is -2.39. The van der Waals surface area contributed by atoms with Crippen LogP contribution in [-0.2, 0) is 14.3 Å². The van der Waals surface area contributed by atoms with Gasteiger partial charge in [-0.15, -0.1) is 0 Å². The Morgan fingerprint density at radius 1 is 1.46 bits per heavy atom. The molecule has 0 unspecified atom stereocenters. The summed E-state index contributed by atoms with van der Waals surface area (Å²) >= 11 is 0. The molecule has 0 aromatic rings. The van der Waals surface area contributed by atoms with E-state index in [1.54, 1.807) is 0 Å². The van der Waals surface area contributed by atoms with Gasteiger partial charge in [0.15, 0.2) is 6.10 Å². The molecule has 4 nitrogen and oxygen atoms in total. The van der Waals surface area contributed by atoms with E-state index < -0.39 is 0 Å². The van der Waals surface area contributed by atoms with E-state index in [2.05, 4.69) is 10.1 Å². The number of carbonyl (C=O) groups is 1. The largest absolute Gasteiger partial charge is 0.467 e. The molecule has 0 bridgehead atoms. The van der Waals surface area contributed by atoms with Gasteiger partial charge in [0.2, 0.25) is 0 Å². The van der Waals surface area contributed by atoms with Crippen molar-refractivity contribution < 1.29 is 14.3 Å². The fraction of sp³-hybridized carbons (Fsp3) is 0.889. The summed E-state index contributed by atoms with van der Waals surface area (Å²) in [5, 5.41) is 3.26. The summed E-state index contributed by atoms with van der Waals surface area (Å²) in [6, 6.07) is 0. The molecule has 0 aliphatic carbocycles. The predicted molar refractivity (Wildman–Crippen MR) is 46.3 cm³/mol. The Morgan fingerprint density at radius 3 is 3.08 bits per heavy atom. The Labute approximate surface area is 77.6 Å². The third-order valence-corrected chi connectivity index (χ3v) is 2.88. The normalized spacial score (nSPS) is 38.4. The molecule has 13 heavy (non-hydrogen) atoms. The van der Waals surface area contributed by atoms with Crippen LogP contribution in [0.5, 0.6) is 0 Å². The lowest BCUT2D eigenvalue weighted by molar-refractivity contribution is -0.164. The SMILES string of the molecule is COC(=O)[C@@H]1CC[C@H]2CNC[C@@H]2O1. The Balaban J connectivity index is 1.93. The highest BCUT2D eigenvalue weighted by Crippen LogP contribution is 2.27. The molecule has 0 radical (unpaired) electrons. The van der Waals surface area contributed by atoms with Gasteiger partial charge in [-0.3, -0.25) is 0 Å². The molecule has 0 spiro atoms. The molecule has 0 aromatic heterocycles. The zero-order valence-corrected chi connectivity index (χ0v) is 7.79. The fourth-order valence-electron chi connectivity index (χ4n) is 2.11. The van der Waals surface area contributed by atoms with E-state index in [9.17, 15) is 4.79 Å². The van der Waals surface area contributed by atoms with Crippen molar-refractivity contribution in [2.75, 3.05) is 20.2 Å². The van der Waals surface area contributed by atoms with E-state index in [0.29, 0.717) is 5.92 Å². The highest BCUT2D eigenvalue weighted by Gasteiger charge is 2.37. The number of fused-ring (bicyclic) bond motifs is 1. The van der Waals surface area contributed by atoms with Gasteiger partial charge in [-0.25, -0.2) is 4.79 Å². The molecule has 2 aliphatic rings. The van der Waals surface area contributed by atoms with Crippen LogP contribution in [0.15, 0.2) is 0 Å². The average Bonchev–Trinajstić information content (AvgIpc) is 2.63. The van der Waals surface area contributed by atoms with Crippen molar-refractivity contribution in [1.29, 1.82) is 0 Å². The zero-order valence-electron chi connectivity index (χ0n) is 7.79. The zero-order chi connectivity index (χ0) is 9.26. The summed E-state index contributed by atoms with van der Waals surface area (Å²) in [7, 11) is 1.41. The van der Waals surface area contributed by atoms with Gasteiger partial charge in [0, 0.05) is 13.1 Å². The summed E-state index contributed by atoms with van der Waals surface area (Å²) in [6.45, 7) is 1.90. The summed E-state index contributed by atoms with van der Waals surface area (Å²) in [6.07, 6.45) is 1.76. The smallest absolute Gasteiger partial charge is 0.334 e. The highest BCUT2D eigenvalue weighted by atomic mass is 16.6. The number of hydrogen-bond acceptors (Lipinski definition) is 4. The molecule has 1 N–H and O–H groups in total. The maximum absolute atomic E-state index is 11.2. The molecule has 0 saturated carbocycles. The summed E-state index contributed by atoms with van der Waals surface area (Å²) in [5.74, 6) is 0.367. The maximum Gasteiger partial charge on any atom is 0.334 e. The second-order valence-corrected chi connectivity index (χ2v) is 3.68. The summed E-state index contributed by atoms with van der Waals surface area (Å²) in [5.41, 5.74) is 0. The minimum absolute atomic E-state index is 0.220. The number of nitrogens with one attached hydrogen (secondary N) is 1. The van der Waals surface area contributed by atoms with E-state index in [4.69, 9.17) is 4.74 Å². The van der Waals surface area contributed by atoms with Crippen molar-refractivity contribution in [1.82, 2.24) is 5.32 Å². The number of ether oxygens (including phenoxy) is 2. The van der Waals surface area contributed by atoms with E-state index in [1.807, 2.05) is 0 Å². The van der Waals surface area contributed by atoms with Crippen LogP contribution < -0.4 is 5.32 Å². The first kappa shape index (κ1) is 8.97. The average molecular weight is 185 g/mol. The van der Waals surface area contributed by atoms with Crippen molar-refractivity contribution in [2.24, 2.45) is 5.92 Å². The number of methoxy groups -OCH3 is 1. The fourth-order valence-corrected chi connectivity index (χ4v) is 2.11. The molecule has 2 aliphatic heterocycles. The summed E-state index contributed by atoms with van der Waals surface area (Å²) < 4.78 is 10.3. The highest BCUT2D eigenvalue weighted by molar-refractivity contribution is 5.74. The quantitative estimate of drug-likeness (QED) is 0.581. The molecule has 2 heterocycles. The number of hydrogen-bond donors (Lipinski definition) is 1. The van der Waals surface area contributed by atoms with Crippen LogP contribution in [-0.4, -0.2) is 38.4 Å². The number of carbonyl (C=O) groups excluding carboxylic acids is 1. The molecule has 74 valence electrons. The van der Waals surface area contributed by atoms with Crippen LogP contribution in [0.3, 0.4) is 0 Å². The first-order valence-corrected chi connectivity index (χ1v) is 4.75. The van der Waals surface area contributed by atoms with Gasteiger partial charge in [-0.1, -0.05) is 0 Å². The van der Waals surface area contributed by atoms with E-state index in [0.717, 1.165) is 25.9 Å². The lowest BCUT2D eigenvalue weighted by atomic mass is 9.94. The van der Waals surface area contributed by atoms with E-state index >= 15 is 0 Å². The Bertz CT molecular complexity index is 207. The molecule has 2 rings (SSSR count). The summed E-state index contributed by atoms with van der Waals surface area (Å²) in [4.78, 5) is 11.2. The van der Waals surface area contributed by atoms with E-state index in [-0.39, 0.29) is 18.2 Å². The first-order chi connectivity index (χ1) is 6.31. The number of esters is 1. The lowest BCUT2D eigenvalue weighted by Gasteiger charge is -2.29. The minimum atomic E-state index is -0.328. The Kier molecular flexibility index (Phi) is 2.51. The molecule has 3 atom stereocenters. The molecule has 4 heteroatoms. The topological polar surface area (TPSA) is 47.6 Å². The molecular weight excluding hydrogens is 170 g/mol. The van der Waals surface area contributed by atoms with Gasteiger partial charge in [0.1, 0.15) is 0 Å². The molecular formula is C9H15NO3. The van der Waals surface area contributed by atoms with Crippen LogP contribution in [0, 0.1) is 5.92 Å². The van der Waals surface area contributed by atoms with Gasteiger partial charge in [0.25, 0.3) is 0 Å². The second-order valence-electron chi connectivity index (χ2n) is 3.68. The number of rotatable bonds is 1. The van der Waals surface area contributed by atoms with Crippen molar-refractivity contribution >= 4 is 5.97 Å². The second kappa shape index (κ2) is 3.64. The standard InChI is InChI=1S/C9H15NO3/c1-12-9(11)7-3-2-6-4-10-5-8(6)13-7/h6-8,10H,2-5H2,1H3/t6-,7-,8-/m0/s1. The third kappa shape index (κ3) is 1.69. The van der Waals surface area contributed by atoms with Crippen LogP contribution >= 0.6 is 0 Å². The van der Waals surface area contributed by atoms with Crippen LogP contribution in [0.25, 0.3) is 0 Å². The van der Waals surface area contributed by atoms with Crippen molar-refractivity contribution in [3.05, 3.63) is 0 Å². The van der Waals surface area contributed by atoms with Gasteiger partial charge in [-0.2, -0.15) is 0 Å². The van der Waals surface area contributed by atoms with Gasteiger partial charge >= 0.3 is 5.97 Å². The molecule has 2 saturated heterocycles. The molecule has 0 aromatic carbocycles. The van der Waals surface area contributed by atoms with Gasteiger partial charge in [0.05, 0.1) is 13.2 Å². The van der Waals surface area contributed by atoms with Gasteiger partial charge in [-0.05, 0) is 18.8 Å². The monoisotopic (exact) mass is 185 g/mol. The third-order valence-electron chi connectivity index (χ3n) is 2.88. The van der Waals surface area contributed by atoms with Crippen LogP contribution in [0.4, 0.5) is 0 Å². The Hall–Kier alpha value is -0.610. The maximum atomic E-state index is 11.2. The van der Waals surface area contributed by atoms with Gasteiger partial charge < -0.3 is 14.8 Å². The minimum Gasteiger partial charge on any atom is -0.467 e. The van der Waals surface area contributed by atoms with Crippen LogP contribution in [0.2, 0.25) is 0 Å². The Morgan fingerprint density at radius 2 is 2.31 bits per heavy atom. The predicted octanol–water partition coefficient (Wildman–Crippen LogP) is -0.0736. The van der Waals surface area contributed by atoms with E-state index in [1.165, 1.54) is 7.11 Å². The van der Waals surface area contributed by atoms with Crippen molar-refractivity contribution in [2.45, 2.75) is 25.0 Å². The molecule has 0 amide bonds.